The zero-order chi connectivity index (χ0) is 11.6. The summed E-state index contributed by atoms with van der Waals surface area (Å²) in [6, 6.07) is 0. The van der Waals surface area contributed by atoms with Crippen molar-refractivity contribution in [3.8, 4) is 11.6 Å². The number of nitrogens with zero attached hydrogens (tertiary/aromatic N) is 1. The van der Waals surface area contributed by atoms with Crippen molar-refractivity contribution in [2.45, 2.75) is 40.2 Å². The van der Waals surface area contributed by atoms with Gasteiger partial charge in [0.2, 0.25) is 5.88 Å². The van der Waals surface area contributed by atoms with Gasteiger partial charge >= 0.3 is 0 Å². The van der Waals surface area contributed by atoms with Crippen LogP contribution in [0.25, 0.3) is 0 Å². The molecule has 0 spiro atoms. The summed E-state index contributed by atoms with van der Waals surface area (Å²) in [4.78, 5) is 11.8. The summed E-state index contributed by atoms with van der Waals surface area (Å²) in [6.07, 6.45) is 0.975. The lowest BCUT2D eigenvalue weighted by molar-refractivity contribution is 0.386. The summed E-state index contributed by atoms with van der Waals surface area (Å²) >= 11 is 0. The topological polar surface area (TPSA) is 62.5 Å². The Morgan fingerprint density at radius 3 is 2.00 bits per heavy atom. The monoisotopic (exact) mass is 211 g/mol. The first-order valence-electron chi connectivity index (χ1n) is 5.24. The molecule has 15 heavy (non-hydrogen) atoms. The van der Waals surface area contributed by atoms with Gasteiger partial charge in [0.15, 0.2) is 0 Å². The molecule has 0 amide bonds. The molecular weight excluding hydrogens is 194 g/mol. The molecule has 0 aliphatic carbocycles. The lowest BCUT2D eigenvalue weighted by Crippen LogP contribution is -2.24. The molecule has 84 valence electrons. The van der Waals surface area contributed by atoms with Gasteiger partial charge in [-0.05, 0) is 19.8 Å². The number of rotatable bonds is 3. The highest BCUT2D eigenvalue weighted by atomic mass is 16.3. The Morgan fingerprint density at radius 1 is 1.07 bits per heavy atom. The third-order valence-electron chi connectivity index (χ3n) is 2.62. The molecule has 4 heteroatoms. The molecule has 1 aromatic heterocycles. The molecular formula is C11H17NO3. The highest BCUT2D eigenvalue weighted by Crippen LogP contribution is 2.28. The highest BCUT2D eigenvalue weighted by Gasteiger charge is 2.17. The van der Waals surface area contributed by atoms with Crippen LogP contribution in [0.15, 0.2) is 4.79 Å². The van der Waals surface area contributed by atoms with Crippen molar-refractivity contribution in [2.24, 2.45) is 0 Å². The molecule has 1 aromatic rings. The predicted octanol–water partition coefficient (Wildman–Crippen LogP) is 1.40. The Balaban J connectivity index is 3.65. The van der Waals surface area contributed by atoms with Crippen LogP contribution in [0.5, 0.6) is 11.6 Å². The van der Waals surface area contributed by atoms with E-state index in [0.717, 1.165) is 0 Å². The fourth-order valence-corrected chi connectivity index (χ4v) is 1.75. The smallest absolute Gasteiger partial charge is 0.260 e. The zero-order valence-electron chi connectivity index (χ0n) is 9.37. The lowest BCUT2D eigenvalue weighted by Gasteiger charge is -2.14. The van der Waals surface area contributed by atoms with Gasteiger partial charge in [0.25, 0.3) is 5.56 Å². The van der Waals surface area contributed by atoms with Crippen LogP contribution in [0.3, 0.4) is 0 Å². The Kier molecular flexibility index (Phi) is 3.39. The Hall–Kier alpha value is -1.45. The van der Waals surface area contributed by atoms with Crippen LogP contribution in [0.1, 0.15) is 31.9 Å². The van der Waals surface area contributed by atoms with Crippen molar-refractivity contribution < 1.29 is 10.2 Å². The standard InChI is InChI=1S/C11H17NO3/c1-4-7-9(13)8(5-2)11(15)12(6-3)10(7)14/h13-14H,4-6H2,1-3H3. The average molecular weight is 211 g/mol. The predicted molar refractivity (Wildman–Crippen MR) is 58.5 cm³/mol. The second-order valence-electron chi connectivity index (χ2n) is 3.39. The van der Waals surface area contributed by atoms with Gasteiger partial charge in [-0.3, -0.25) is 9.36 Å². The van der Waals surface area contributed by atoms with E-state index in [1.807, 2.05) is 13.8 Å². The summed E-state index contributed by atoms with van der Waals surface area (Å²) in [6.45, 7) is 5.84. The molecule has 0 aliphatic rings. The lowest BCUT2D eigenvalue weighted by atomic mass is 10.1. The van der Waals surface area contributed by atoms with Gasteiger partial charge in [-0.15, -0.1) is 0 Å². The minimum absolute atomic E-state index is 0.0489. The van der Waals surface area contributed by atoms with Crippen LogP contribution >= 0.6 is 0 Å². The van der Waals surface area contributed by atoms with Crippen molar-refractivity contribution in [1.29, 1.82) is 0 Å². The summed E-state index contributed by atoms with van der Waals surface area (Å²) < 4.78 is 1.29. The van der Waals surface area contributed by atoms with E-state index in [1.54, 1.807) is 6.92 Å². The third kappa shape index (κ3) is 1.71. The number of hydrogen-bond acceptors (Lipinski definition) is 3. The van der Waals surface area contributed by atoms with Gasteiger partial charge in [0, 0.05) is 6.54 Å². The molecule has 0 bridgehead atoms. The van der Waals surface area contributed by atoms with E-state index in [2.05, 4.69) is 0 Å². The maximum atomic E-state index is 11.8. The van der Waals surface area contributed by atoms with E-state index < -0.39 is 0 Å². The van der Waals surface area contributed by atoms with Crippen molar-refractivity contribution >= 4 is 0 Å². The van der Waals surface area contributed by atoms with Crippen LogP contribution in [-0.4, -0.2) is 14.8 Å². The summed E-state index contributed by atoms with van der Waals surface area (Å²) in [5, 5.41) is 19.6. The van der Waals surface area contributed by atoms with Crippen LogP contribution in [-0.2, 0) is 19.4 Å². The van der Waals surface area contributed by atoms with Gasteiger partial charge in [-0.25, -0.2) is 0 Å². The molecule has 0 aliphatic heterocycles. The molecule has 4 nitrogen and oxygen atoms in total. The largest absolute Gasteiger partial charge is 0.507 e. The van der Waals surface area contributed by atoms with E-state index in [9.17, 15) is 15.0 Å². The first-order valence-corrected chi connectivity index (χ1v) is 5.24. The maximum Gasteiger partial charge on any atom is 0.260 e. The Morgan fingerprint density at radius 2 is 1.60 bits per heavy atom. The van der Waals surface area contributed by atoms with Crippen molar-refractivity contribution in [3.05, 3.63) is 21.5 Å². The summed E-state index contributed by atoms with van der Waals surface area (Å²) in [7, 11) is 0. The summed E-state index contributed by atoms with van der Waals surface area (Å²) in [5.41, 5.74) is 0.534. The second-order valence-corrected chi connectivity index (χ2v) is 3.39. The van der Waals surface area contributed by atoms with Gasteiger partial charge in [0.05, 0.1) is 11.1 Å². The first kappa shape index (κ1) is 11.6. The number of pyridine rings is 1. The minimum Gasteiger partial charge on any atom is -0.507 e. The number of hydrogen-bond donors (Lipinski definition) is 2. The van der Waals surface area contributed by atoms with Crippen molar-refractivity contribution in [1.82, 2.24) is 4.57 Å². The van der Waals surface area contributed by atoms with E-state index in [0.29, 0.717) is 30.5 Å². The Labute approximate surface area is 88.8 Å². The van der Waals surface area contributed by atoms with E-state index >= 15 is 0 Å². The number of aromatic nitrogens is 1. The second kappa shape index (κ2) is 4.38. The van der Waals surface area contributed by atoms with Crippen LogP contribution in [0, 0.1) is 0 Å². The molecule has 1 rings (SSSR count). The van der Waals surface area contributed by atoms with Crippen molar-refractivity contribution in [2.75, 3.05) is 0 Å². The first-order chi connectivity index (χ1) is 7.08. The van der Waals surface area contributed by atoms with E-state index in [-0.39, 0.29) is 17.2 Å². The van der Waals surface area contributed by atoms with Crippen LogP contribution < -0.4 is 5.56 Å². The normalized spacial score (nSPS) is 10.6. The highest BCUT2D eigenvalue weighted by molar-refractivity contribution is 5.45. The van der Waals surface area contributed by atoms with Gasteiger partial charge in [0.1, 0.15) is 5.75 Å². The molecule has 0 aromatic carbocycles. The molecule has 0 saturated heterocycles. The van der Waals surface area contributed by atoms with Gasteiger partial charge in [-0.1, -0.05) is 13.8 Å². The molecule has 0 unspecified atom stereocenters. The van der Waals surface area contributed by atoms with Gasteiger partial charge in [-0.2, -0.15) is 0 Å². The zero-order valence-corrected chi connectivity index (χ0v) is 9.37. The molecule has 0 fully saturated rings. The molecule has 1 heterocycles. The fourth-order valence-electron chi connectivity index (χ4n) is 1.75. The van der Waals surface area contributed by atoms with Crippen molar-refractivity contribution in [3.63, 3.8) is 0 Å². The fraction of sp³-hybridized carbons (Fsp3) is 0.545. The average Bonchev–Trinajstić information content (AvgIpc) is 2.19. The maximum absolute atomic E-state index is 11.8. The van der Waals surface area contributed by atoms with Crippen LogP contribution in [0.4, 0.5) is 0 Å². The Bertz CT molecular complexity index is 387. The summed E-state index contributed by atoms with van der Waals surface area (Å²) in [5.74, 6) is -0.160. The van der Waals surface area contributed by atoms with E-state index in [1.165, 1.54) is 4.57 Å². The SMILES string of the molecule is CCc1c(O)c(CC)c(=O)n(CC)c1O. The molecule has 2 N–H and O–H groups in total. The molecule has 0 saturated carbocycles. The van der Waals surface area contributed by atoms with E-state index in [4.69, 9.17) is 0 Å². The quantitative estimate of drug-likeness (QED) is 0.794. The molecule has 0 atom stereocenters. The third-order valence-corrected chi connectivity index (χ3v) is 2.62. The van der Waals surface area contributed by atoms with Gasteiger partial charge < -0.3 is 10.2 Å². The number of aromatic hydroxyl groups is 2. The van der Waals surface area contributed by atoms with Crippen LogP contribution in [0.2, 0.25) is 0 Å². The molecule has 0 radical (unpaired) electrons. The minimum atomic E-state index is -0.299.